The van der Waals surface area contributed by atoms with Crippen LogP contribution in [0.15, 0.2) is 68.3 Å². The Hall–Kier alpha value is -4.28. The second kappa shape index (κ2) is 19.7. The Morgan fingerprint density at radius 1 is 0.796 bits per heavy atom. The number of nitrogens with one attached hydrogen (secondary N) is 1. The number of amides is 1. The zero-order valence-corrected chi connectivity index (χ0v) is 29.2. The van der Waals surface area contributed by atoms with Crippen LogP contribution in [0.5, 0.6) is 0 Å². The first kappa shape index (κ1) is 39.2. The Labute approximate surface area is 290 Å². The summed E-state index contributed by atoms with van der Waals surface area (Å²) in [5.41, 5.74) is 5.53. The summed E-state index contributed by atoms with van der Waals surface area (Å²) in [6, 6.07) is 10.5. The molecule has 5 atom stereocenters. The Morgan fingerprint density at radius 3 is 2.00 bits per heavy atom. The van der Waals surface area contributed by atoms with E-state index in [-0.39, 0.29) is 38.1 Å². The lowest BCUT2D eigenvalue weighted by atomic mass is 9.97. The number of ether oxygens (including phenoxy) is 5. The van der Waals surface area contributed by atoms with E-state index in [2.05, 4.69) is 70.1 Å². The van der Waals surface area contributed by atoms with Crippen LogP contribution in [0.25, 0.3) is 11.1 Å². The Kier molecular flexibility index (Phi) is 15.7. The standard InChI is InChI=1S/C39H51NO9/c1-8-11-14-32(41)40-24-31-36(47-33(42)15-12-9-2)37(48-34(43)16-13-10-3)38(39(45-7)46-31)49-35(44)22-20-27-18-19-28(25(4)5)23-30-26(6)17-21-29(27)30/h8-10,17-19,21,23,25,31,36-39H,1-3,11-16,20,22,24H2,4-7H3,(H,40,41)/t31-,36-,37+,38+,39+/m1/s1. The molecule has 2 aliphatic carbocycles. The van der Waals surface area contributed by atoms with Crippen LogP contribution in [-0.4, -0.2) is 68.2 Å². The van der Waals surface area contributed by atoms with E-state index in [0.717, 1.165) is 22.3 Å². The molecule has 49 heavy (non-hydrogen) atoms. The number of aryl methyl sites for hydroxylation is 2. The van der Waals surface area contributed by atoms with Crippen LogP contribution in [0, 0.1) is 6.92 Å². The fraction of sp³-hybridized carbons (Fsp3) is 0.487. The van der Waals surface area contributed by atoms with Gasteiger partial charge in [0.25, 0.3) is 0 Å². The Bertz CT molecular complexity index is 1430. The molecule has 1 fully saturated rings. The molecule has 1 amide bonds. The number of fused-ring (bicyclic) bond motifs is 1. The van der Waals surface area contributed by atoms with Gasteiger partial charge in [-0.1, -0.05) is 62.4 Å². The molecule has 3 rings (SSSR count). The summed E-state index contributed by atoms with van der Waals surface area (Å²) < 4.78 is 29.4. The van der Waals surface area contributed by atoms with Gasteiger partial charge >= 0.3 is 17.9 Å². The first-order chi connectivity index (χ1) is 23.5. The van der Waals surface area contributed by atoms with Gasteiger partial charge in [0.05, 0.1) is 0 Å². The predicted molar refractivity (Wildman–Crippen MR) is 187 cm³/mol. The molecule has 266 valence electrons. The van der Waals surface area contributed by atoms with Gasteiger partial charge in [0.15, 0.2) is 24.6 Å². The van der Waals surface area contributed by atoms with Gasteiger partial charge in [-0.3, -0.25) is 19.2 Å². The van der Waals surface area contributed by atoms with Crippen molar-refractivity contribution in [3.05, 3.63) is 85.0 Å². The van der Waals surface area contributed by atoms with E-state index < -0.39 is 48.6 Å². The molecule has 0 bridgehead atoms. The van der Waals surface area contributed by atoms with Gasteiger partial charge in [0.1, 0.15) is 6.10 Å². The summed E-state index contributed by atoms with van der Waals surface area (Å²) in [4.78, 5) is 51.9. The average Bonchev–Trinajstić information content (AvgIpc) is 3.32. The summed E-state index contributed by atoms with van der Waals surface area (Å²) in [6.07, 6.45) is 0.545. The maximum atomic E-state index is 13.5. The summed E-state index contributed by atoms with van der Waals surface area (Å²) >= 11 is 0. The van der Waals surface area contributed by atoms with Crippen LogP contribution >= 0.6 is 0 Å². The lowest BCUT2D eigenvalue weighted by Gasteiger charge is -2.44. The highest BCUT2D eigenvalue weighted by Gasteiger charge is 2.52. The maximum Gasteiger partial charge on any atom is 0.306 e. The summed E-state index contributed by atoms with van der Waals surface area (Å²) in [7, 11) is 1.36. The molecule has 1 aliphatic heterocycles. The van der Waals surface area contributed by atoms with Gasteiger partial charge in [0.2, 0.25) is 5.91 Å². The third-order valence-electron chi connectivity index (χ3n) is 8.42. The third-order valence-corrected chi connectivity index (χ3v) is 8.42. The summed E-state index contributed by atoms with van der Waals surface area (Å²) in [6.45, 7) is 17.2. The van der Waals surface area contributed by atoms with E-state index in [1.54, 1.807) is 18.2 Å². The van der Waals surface area contributed by atoms with Crippen molar-refractivity contribution in [3.8, 4) is 11.1 Å². The second-order valence-electron chi connectivity index (χ2n) is 12.4. The highest BCUT2D eigenvalue weighted by molar-refractivity contribution is 5.77. The van der Waals surface area contributed by atoms with E-state index in [1.165, 1.54) is 12.7 Å². The number of methoxy groups -OCH3 is 1. The highest BCUT2D eigenvalue weighted by Crippen LogP contribution is 2.34. The molecule has 0 aromatic rings. The van der Waals surface area contributed by atoms with Crippen LogP contribution in [0.3, 0.4) is 0 Å². The zero-order chi connectivity index (χ0) is 35.9. The van der Waals surface area contributed by atoms with Gasteiger partial charge in [-0.15, -0.1) is 19.7 Å². The topological polar surface area (TPSA) is 126 Å². The van der Waals surface area contributed by atoms with E-state index in [0.29, 0.717) is 31.6 Å². The summed E-state index contributed by atoms with van der Waals surface area (Å²) in [5, 5.41) is 2.77. The van der Waals surface area contributed by atoms with E-state index >= 15 is 0 Å². The first-order valence-corrected chi connectivity index (χ1v) is 16.9. The molecule has 0 aromatic heterocycles. The van der Waals surface area contributed by atoms with E-state index in [9.17, 15) is 19.2 Å². The summed E-state index contributed by atoms with van der Waals surface area (Å²) in [5.74, 6) is -1.74. The third kappa shape index (κ3) is 11.4. The fourth-order valence-electron chi connectivity index (χ4n) is 5.63. The molecular formula is C39H51NO9. The van der Waals surface area contributed by atoms with Crippen molar-refractivity contribution < 1.29 is 42.9 Å². The van der Waals surface area contributed by atoms with Gasteiger partial charge in [-0.05, 0) is 66.3 Å². The molecule has 1 saturated heterocycles. The SMILES string of the molecule is C=CCCC(=O)NC[C@H]1O[C@H](OC)[C@@H](OC(=O)CCc2ccc(C(C)C)cc3c(C)ccc2-3)[C@@H](OC(=O)CCC=C)[C@@H]1OC(=O)CCC=C. The van der Waals surface area contributed by atoms with Crippen LogP contribution in [0.4, 0.5) is 0 Å². The molecule has 0 radical (unpaired) electrons. The predicted octanol–water partition coefficient (Wildman–Crippen LogP) is 6.28. The number of carbonyl (C=O) groups is 4. The highest BCUT2D eigenvalue weighted by atomic mass is 16.7. The number of rotatable bonds is 19. The molecule has 0 spiro atoms. The van der Waals surface area contributed by atoms with Crippen molar-refractivity contribution in [2.24, 2.45) is 0 Å². The van der Waals surface area contributed by atoms with Crippen molar-refractivity contribution in [1.29, 1.82) is 0 Å². The molecule has 3 aliphatic rings. The second-order valence-corrected chi connectivity index (χ2v) is 12.4. The molecule has 0 unspecified atom stereocenters. The monoisotopic (exact) mass is 677 g/mol. The molecule has 0 aromatic carbocycles. The van der Waals surface area contributed by atoms with Crippen LogP contribution < -0.4 is 5.32 Å². The van der Waals surface area contributed by atoms with Crippen LogP contribution in [0.2, 0.25) is 0 Å². The number of hydrogen-bond donors (Lipinski definition) is 1. The lowest BCUT2D eigenvalue weighted by Crippen LogP contribution is -2.63. The van der Waals surface area contributed by atoms with Gasteiger partial charge in [-0.25, -0.2) is 0 Å². The largest absolute Gasteiger partial charge is 0.455 e. The first-order valence-electron chi connectivity index (χ1n) is 16.9. The number of hydrogen-bond acceptors (Lipinski definition) is 9. The number of carbonyl (C=O) groups excluding carboxylic acids is 4. The van der Waals surface area contributed by atoms with Crippen molar-refractivity contribution >= 4 is 23.8 Å². The van der Waals surface area contributed by atoms with Crippen molar-refractivity contribution in [1.82, 2.24) is 5.32 Å². The fourth-order valence-corrected chi connectivity index (χ4v) is 5.63. The van der Waals surface area contributed by atoms with Crippen LogP contribution in [-0.2, 0) is 49.3 Å². The average molecular weight is 678 g/mol. The molecule has 1 N–H and O–H groups in total. The maximum absolute atomic E-state index is 13.5. The Morgan fingerprint density at radius 2 is 1.39 bits per heavy atom. The lowest BCUT2D eigenvalue weighted by molar-refractivity contribution is -0.297. The minimum absolute atomic E-state index is 0.00227. The van der Waals surface area contributed by atoms with Crippen molar-refractivity contribution in [3.63, 3.8) is 0 Å². The van der Waals surface area contributed by atoms with E-state index in [4.69, 9.17) is 23.7 Å². The van der Waals surface area contributed by atoms with Crippen molar-refractivity contribution in [2.75, 3.05) is 13.7 Å². The molecule has 10 heteroatoms. The van der Waals surface area contributed by atoms with Crippen LogP contribution in [0.1, 0.15) is 81.4 Å². The van der Waals surface area contributed by atoms with Gasteiger partial charge < -0.3 is 29.0 Å². The molecule has 10 nitrogen and oxygen atoms in total. The Balaban J connectivity index is 1.90. The normalized spacial score (nSPS) is 20.3. The quantitative estimate of drug-likeness (QED) is 0.104. The zero-order valence-electron chi connectivity index (χ0n) is 29.2. The van der Waals surface area contributed by atoms with Gasteiger partial charge in [0, 0.05) is 39.3 Å². The number of allylic oxidation sites excluding steroid dienone is 3. The smallest absolute Gasteiger partial charge is 0.306 e. The van der Waals surface area contributed by atoms with E-state index in [1.807, 2.05) is 6.07 Å². The van der Waals surface area contributed by atoms with Crippen molar-refractivity contribution in [2.45, 2.75) is 109 Å². The minimum atomic E-state index is -1.30. The molecular weight excluding hydrogens is 626 g/mol. The minimum Gasteiger partial charge on any atom is -0.455 e. The van der Waals surface area contributed by atoms with Gasteiger partial charge in [-0.2, -0.15) is 0 Å². The molecule has 1 heterocycles. The molecule has 0 saturated carbocycles. The number of esters is 3.